The van der Waals surface area contributed by atoms with E-state index >= 15 is 0 Å². The Hall–Kier alpha value is -0.950. The molecule has 0 saturated heterocycles. The van der Waals surface area contributed by atoms with Gasteiger partial charge in [0.2, 0.25) is 0 Å². The Morgan fingerprint density at radius 2 is 2.54 bits per heavy atom. The molecule has 1 N–H and O–H groups in total. The average Bonchev–Trinajstić information content (AvgIpc) is 2.59. The molecule has 0 bridgehead atoms. The number of aryl methyl sites for hydroxylation is 2. The minimum atomic E-state index is 0.583. The van der Waals surface area contributed by atoms with E-state index in [1.165, 1.54) is 0 Å². The smallest absolute Gasteiger partial charge is 0.248 e. The number of aromatic nitrogens is 2. The molecule has 0 aromatic carbocycles. The van der Waals surface area contributed by atoms with E-state index in [1.54, 1.807) is 0 Å². The van der Waals surface area contributed by atoms with Gasteiger partial charge in [0, 0.05) is 12.2 Å². The molecule has 0 aliphatic rings. The predicted molar refractivity (Wildman–Crippen MR) is 53.3 cm³/mol. The lowest BCUT2D eigenvalue weighted by Crippen LogP contribution is -2.37. The molecule has 13 heavy (non-hydrogen) atoms. The Labute approximate surface area is 82.8 Å². The van der Waals surface area contributed by atoms with Crippen molar-refractivity contribution in [2.75, 3.05) is 12.0 Å². The van der Waals surface area contributed by atoms with Gasteiger partial charge < -0.3 is 0 Å². The number of aromatic amines is 1. The molecule has 0 radical (unpaired) electrons. The maximum absolute atomic E-state index is 8.45. The second kappa shape index (κ2) is 5.65. The zero-order valence-electron chi connectivity index (χ0n) is 7.79. The first-order valence-electron chi connectivity index (χ1n) is 4.30. The van der Waals surface area contributed by atoms with E-state index < -0.39 is 0 Å². The summed E-state index contributed by atoms with van der Waals surface area (Å²) in [6.45, 7) is 1.02. The van der Waals surface area contributed by atoms with Gasteiger partial charge in [-0.05, 0) is 6.26 Å². The minimum absolute atomic E-state index is 0.583. The summed E-state index contributed by atoms with van der Waals surface area (Å²) in [7, 11) is 0. The molecule has 0 amide bonds. The number of rotatable bonds is 5. The van der Waals surface area contributed by atoms with E-state index in [1.807, 2.05) is 24.2 Å². The number of hydrogen-bond donors (Lipinski definition) is 1. The third kappa shape index (κ3) is 3.11. The van der Waals surface area contributed by atoms with Crippen molar-refractivity contribution in [3.8, 4) is 6.07 Å². The summed E-state index contributed by atoms with van der Waals surface area (Å²) in [6.07, 6.45) is 7.45. The fourth-order valence-corrected chi connectivity index (χ4v) is 1.56. The summed E-state index contributed by atoms with van der Waals surface area (Å²) >= 11 is 1.83. The van der Waals surface area contributed by atoms with Crippen molar-refractivity contribution in [1.29, 1.82) is 5.26 Å². The second-order valence-corrected chi connectivity index (χ2v) is 3.74. The number of hydrogen-bond acceptors (Lipinski definition) is 2. The Morgan fingerprint density at radius 3 is 3.23 bits per heavy atom. The molecule has 70 valence electrons. The van der Waals surface area contributed by atoms with Crippen LogP contribution in [0.25, 0.3) is 0 Å². The van der Waals surface area contributed by atoms with Gasteiger partial charge in [0.15, 0.2) is 0 Å². The molecule has 1 aromatic rings. The molecule has 4 heteroatoms. The number of nitrogens with one attached hydrogen (secondary N) is 1. The molecule has 1 aromatic heterocycles. The van der Waals surface area contributed by atoms with Gasteiger partial charge in [-0.25, -0.2) is 9.55 Å². The van der Waals surface area contributed by atoms with Crippen LogP contribution in [0.2, 0.25) is 0 Å². The summed E-state index contributed by atoms with van der Waals surface area (Å²) in [6, 6.07) is 2.15. The van der Waals surface area contributed by atoms with Gasteiger partial charge in [0.25, 0.3) is 5.82 Å². The first-order valence-corrected chi connectivity index (χ1v) is 5.69. The topological polar surface area (TPSA) is 43.5 Å². The zero-order chi connectivity index (χ0) is 9.52. The predicted octanol–water partition coefficient (Wildman–Crippen LogP) is 1.12. The quantitative estimate of drug-likeness (QED) is 0.717. The maximum atomic E-state index is 8.45. The lowest BCUT2D eigenvalue weighted by molar-refractivity contribution is -0.698. The van der Waals surface area contributed by atoms with E-state index in [4.69, 9.17) is 5.26 Å². The normalized spacial score (nSPS) is 9.85. The van der Waals surface area contributed by atoms with Crippen LogP contribution in [0.4, 0.5) is 0 Å². The number of thioether (sulfide) groups is 1. The monoisotopic (exact) mass is 196 g/mol. The maximum Gasteiger partial charge on any atom is 0.255 e. The van der Waals surface area contributed by atoms with Crippen molar-refractivity contribution in [3.63, 3.8) is 0 Å². The van der Waals surface area contributed by atoms with Gasteiger partial charge in [0.05, 0.1) is 19.0 Å². The summed E-state index contributed by atoms with van der Waals surface area (Å²) in [5, 5.41) is 8.45. The molecule has 0 aliphatic heterocycles. The highest BCUT2D eigenvalue weighted by Crippen LogP contribution is 1.95. The molecule has 1 heterocycles. The molecular weight excluding hydrogens is 182 g/mol. The first kappa shape index (κ1) is 10.1. The molecule has 3 nitrogen and oxygen atoms in total. The summed E-state index contributed by atoms with van der Waals surface area (Å²) in [4.78, 5) is 3.15. The molecular formula is C9H14N3S+. The van der Waals surface area contributed by atoms with Crippen LogP contribution in [-0.2, 0) is 13.0 Å². The van der Waals surface area contributed by atoms with E-state index in [2.05, 4.69) is 21.9 Å². The Kier molecular flexibility index (Phi) is 4.41. The van der Waals surface area contributed by atoms with Crippen LogP contribution in [0.15, 0.2) is 12.4 Å². The summed E-state index contributed by atoms with van der Waals surface area (Å²) in [5.41, 5.74) is 0. The van der Waals surface area contributed by atoms with Gasteiger partial charge in [0.1, 0.15) is 12.4 Å². The van der Waals surface area contributed by atoms with Crippen LogP contribution >= 0.6 is 11.8 Å². The standard InChI is InChI=1S/C9H13N3S/c1-13-8-7-12-6-5-11-9(12)3-2-4-10/h5-6H,2-3,7-8H2,1H3/p+1. The highest BCUT2D eigenvalue weighted by molar-refractivity contribution is 7.98. The fourth-order valence-electron chi connectivity index (χ4n) is 1.19. The largest absolute Gasteiger partial charge is 0.255 e. The van der Waals surface area contributed by atoms with E-state index in [9.17, 15) is 0 Å². The lowest BCUT2D eigenvalue weighted by Gasteiger charge is -1.96. The van der Waals surface area contributed by atoms with E-state index in [0.29, 0.717) is 6.42 Å². The Bertz CT molecular complexity index is 287. The van der Waals surface area contributed by atoms with Crippen LogP contribution in [0.1, 0.15) is 12.2 Å². The molecule has 1 rings (SSSR count). The third-order valence-electron chi connectivity index (χ3n) is 1.86. The number of imidazole rings is 1. The van der Waals surface area contributed by atoms with Crippen molar-refractivity contribution >= 4 is 11.8 Å². The average molecular weight is 196 g/mol. The second-order valence-electron chi connectivity index (χ2n) is 2.75. The number of nitrogens with zero attached hydrogens (tertiary/aromatic N) is 2. The highest BCUT2D eigenvalue weighted by Gasteiger charge is 2.08. The van der Waals surface area contributed by atoms with E-state index in [0.717, 1.165) is 24.5 Å². The molecule has 0 unspecified atom stereocenters. The van der Waals surface area contributed by atoms with Crippen LogP contribution in [-0.4, -0.2) is 17.0 Å². The van der Waals surface area contributed by atoms with Crippen molar-refractivity contribution in [1.82, 2.24) is 4.98 Å². The van der Waals surface area contributed by atoms with Crippen molar-refractivity contribution < 1.29 is 4.57 Å². The van der Waals surface area contributed by atoms with Gasteiger partial charge >= 0.3 is 0 Å². The van der Waals surface area contributed by atoms with Crippen LogP contribution in [0, 0.1) is 11.3 Å². The van der Waals surface area contributed by atoms with Crippen molar-refractivity contribution in [2.45, 2.75) is 19.4 Å². The summed E-state index contributed by atoms with van der Waals surface area (Å²) in [5.74, 6) is 2.26. The first-order chi connectivity index (χ1) is 6.38. The molecule has 0 spiro atoms. The van der Waals surface area contributed by atoms with Gasteiger partial charge in [-0.15, -0.1) is 0 Å². The highest BCUT2D eigenvalue weighted by atomic mass is 32.2. The fraction of sp³-hybridized carbons (Fsp3) is 0.556. The van der Waals surface area contributed by atoms with Crippen LogP contribution < -0.4 is 4.57 Å². The van der Waals surface area contributed by atoms with Gasteiger partial charge in [-0.3, -0.25) is 0 Å². The Balaban J connectivity index is 2.51. The Morgan fingerprint density at radius 1 is 1.69 bits per heavy atom. The molecule has 0 atom stereocenters. The lowest BCUT2D eigenvalue weighted by atomic mass is 10.3. The SMILES string of the molecule is CSCC[n+]1cc[nH]c1CCC#N. The van der Waals surface area contributed by atoms with Crippen LogP contribution in [0.3, 0.4) is 0 Å². The molecule has 0 saturated carbocycles. The zero-order valence-corrected chi connectivity index (χ0v) is 8.60. The molecule has 0 fully saturated rings. The summed E-state index contributed by atoms with van der Waals surface area (Å²) < 4.78 is 2.17. The molecule has 0 aliphatic carbocycles. The van der Waals surface area contributed by atoms with Crippen LogP contribution in [0.5, 0.6) is 0 Å². The van der Waals surface area contributed by atoms with Crippen molar-refractivity contribution in [2.24, 2.45) is 0 Å². The van der Waals surface area contributed by atoms with E-state index in [-0.39, 0.29) is 0 Å². The van der Waals surface area contributed by atoms with Crippen molar-refractivity contribution in [3.05, 3.63) is 18.2 Å². The number of nitriles is 1. The van der Waals surface area contributed by atoms with Gasteiger partial charge in [-0.2, -0.15) is 17.0 Å². The third-order valence-corrected chi connectivity index (χ3v) is 2.45. The number of H-pyrrole nitrogens is 1. The minimum Gasteiger partial charge on any atom is -0.248 e. The van der Waals surface area contributed by atoms with Gasteiger partial charge in [-0.1, -0.05) is 0 Å².